The van der Waals surface area contributed by atoms with E-state index in [2.05, 4.69) is 0 Å². The molecule has 80 valence electrons. The molecule has 0 aromatic heterocycles. The normalized spacial score (nSPS) is 33.0. The molecule has 1 N–H and O–H groups in total. The van der Waals surface area contributed by atoms with E-state index in [4.69, 9.17) is 5.11 Å². The zero-order chi connectivity index (χ0) is 10.8. The number of hydrogen-bond donors (Lipinski definition) is 1. The fraction of sp³-hybridized carbons (Fsp3) is 0.818. The zero-order valence-corrected chi connectivity index (χ0v) is 8.88. The molecule has 1 rings (SSSR count). The lowest BCUT2D eigenvalue weighted by Crippen LogP contribution is -2.36. The molecule has 0 spiro atoms. The van der Waals surface area contributed by atoms with Gasteiger partial charge in [-0.25, -0.2) is 0 Å². The van der Waals surface area contributed by atoms with E-state index in [1.807, 2.05) is 13.8 Å². The summed E-state index contributed by atoms with van der Waals surface area (Å²) in [6, 6.07) is 0. The predicted octanol–water partition coefficient (Wildman–Crippen LogP) is 2.25. The first-order valence-corrected chi connectivity index (χ1v) is 5.22. The number of hydrogen-bond acceptors (Lipinski definition) is 2. The molecule has 14 heavy (non-hydrogen) atoms. The minimum absolute atomic E-state index is 0.106. The molecule has 0 bridgehead atoms. The average Bonchev–Trinajstić information content (AvgIpc) is 2.11. The Morgan fingerprint density at radius 2 is 2.29 bits per heavy atom. The highest BCUT2D eigenvalue weighted by atomic mass is 16.4. The van der Waals surface area contributed by atoms with Gasteiger partial charge in [0.05, 0.1) is 0 Å². The molecule has 2 atom stereocenters. The predicted molar refractivity (Wildman–Crippen MR) is 53.0 cm³/mol. The van der Waals surface area contributed by atoms with Crippen molar-refractivity contribution in [2.24, 2.45) is 11.3 Å². The smallest absolute Gasteiger partial charge is 0.303 e. The van der Waals surface area contributed by atoms with Crippen molar-refractivity contribution in [2.75, 3.05) is 0 Å². The molecule has 0 aliphatic heterocycles. The van der Waals surface area contributed by atoms with Gasteiger partial charge >= 0.3 is 5.97 Å². The van der Waals surface area contributed by atoms with E-state index < -0.39 is 5.97 Å². The van der Waals surface area contributed by atoms with Gasteiger partial charge in [0.25, 0.3) is 0 Å². The summed E-state index contributed by atoms with van der Waals surface area (Å²) >= 11 is 0. The maximum Gasteiger partial charge on any atom is 0.303 e. The van der Waals surface area contributed by atoms with Gasteiger partial charge in [0.2, 0.25) is 0 Å². The molecule has 0 amide bonds. The number of carboxylic acids is 1. The van der Waals surface area contributed by atoms with Crippen LogP contribution in [-0.4, -0.2) is 16.9 Å². The number of carbonyl (C=O) groups is 2. The van der Waals surface area contributed by atoms with Gasteiger partial charge in [0.1, 0.15) is 5.78 Å². The van der Waals surface area contributed by atoms with Gasteiger partial charge in [-0.15, -0.1) is 0 Å². The van der Waals surface area contributed by atoms with Gasteiger partial charge in [-0.05, 0) is 19.3 Å². The number of carbonyl (C=O) groups excluding carboxylic acids is 1. The molecule has 1 saturated carbocycles. The van der Waals surface area contributed by atoms with Crippen LogP contribution in [0.25, 0.3) is 0 Å². The van der Waals surface area contributed by atoms with Crippen LogP contribution in [0.1, 0.15) is 46.0 Å². The largest absolute Gasteiger partial charge is 0.481 e. The molecular weight excluding hydrogens is 180 g/mol. The van der Waals surface area contributed by atoms with Crippen LogP contribution in [0.15, 0.2) is 0 Å². The highest BCUT2D eigenvalue weighted by Crippen LogP contribution is 2.39. The van der Waals surface area contributed by atoms with Crippen molar-refractivity contribution in [2.45, 2.75) is 46.0 Å². The lowest BCUT2D eigenvalue weighted by Gasteiger charge is -2.35. The van der Waals surface area contributed by atoms with E-state index in [-0.39, 0.29) is 23.5 Å². The molecule has 3 nitrogen and oxygen atoms in total. The van der Waals surface area contributed by atoms with E-state index in [0.717, 1.165) is 19.3 Å². The summed E-state index contributed by atoms with van der Waals surface area (Å²) in [5, 5.41) is 8.60. The summed E-state index contributed by atoms with van der Waals surface area (Å²) in [5.74, 6) is -0.440. The van der Waals surface area contributed by atoms with Crippen molar-refractivity contribution in [3.63, 3.8) is 0 Å². The van der Waals surface area contributed by atoms with Crippen LogP contribution in [-0.2, 0) is 9.59 Å². The first-order valence-electron chi connectivity index (χ1n) is 5.22. The fourth-order valence-electron chi connectivity index (χ4n) is 2.28. The monoisotopic (exact) mass is 198 g/mol. The van der Waals surface area contributed by atoms with Crippen molar-refractivity contribution in [1.29, 1.82) is 0 Å². The van der Waals surface area contributed by atoms with Crippen LogP contribution in [0.4, 0.5) is 0 Å². The third kappa shape index (κ3) is 2.34. The van der Waals surface area contributed by atoms with Gasteiger partial charge in [0, 0.05) is 17.8 Å². The highest BCUT2D eigenvalue weighted by Gasteiger charge is 2.38. The molecule has 1 aliphatic rings. The van der Waals surface area contributed by atoms with Gasteiger partial charge in [-0.2, -0.15) is 0 Å². The maximum atomic E-state index is 11.9. The van der Waals surface area contributed by atoms with Crippen LogP contribution in [0, 0.1) is 11.3 Å². The van der Waals surface area contributed by atoms with Crippen molar-refractivity contribution in [3.05, 3.63) is 0 Å². The van der Waals surface area contributed by atoms with Crippen molar-refractivity contribution >= 4 is 11.8 Å². The number of ketones is 1. The van der Waals surface area contributed by atoms with Crippen LogP contribution >= 0.6 is 0 Å². The van der Waals surface area contributed by atoms with Gasteiger partial charge in [-0.1, -0.05) is 20.3 Å². The SMILES string of the molecule is C[C@@H]1CCC[C@](C)(CCC(=O)O)C1=O. The summed E-state index contributed by atoms with van der Waals surface area (Å²) < 4.78 is 0. The maximum absolute atomic E-state index is 11.9. The zero-order valence-electron chi connectivity index (χ0n) is 8.88. The Balaban J connectivity index is 2.61. The van der Waals surface area contributed by atoms with Crippen molar-refractivity contribution in [1.82, 2.24) is 0 Å². The van der Waals surface area contributed by atoms with Crippen molar-refractivity contribution < 1.29 is 14.7 Å². The highest BCUT2D eigenvalue weighted by molar-refractivity contribution is 5.87. The Kier molecular flexibility index (Phi) is 3.29. The van der Waals surface area contributed by atoms with E-state index in [1.54, 1.807) is 0 Å². The van der Waals surface area contributed by atoms with Crippen LogP contribution < -0.4 is 0 Å². The summed E-state index contributed by atoms with van der Waals surface area (Å²) in [7, 11) is 0. The summed E-state index contributed by atoms with van der Waals surface area (Å²) in [5.41, 5.74) is -0.379. The summed E-state index contributed by atoms with van der Waals surface area (Å²) in [4.78, 5) is 22.3. The lowest BCUT2D eigenvalue weighted by molar-refractivity contribution is -0.140. The molecule has 3 heteroatoms. The second-order valence-electron chi connectivity index (χ2n) is 4.61. The minimum atomic E-state index is -0.808. The molecule has 0 unspecified atom stereocenters. The van der Waals surface area contributed by atoms with E-state index in [9.17, 15) is 9.59 Å². The van der Waals surface area contributed by atoms with E-state index in [0.29, 0.717) is 6.42 Å². The topological polar surface area (TPSA) is 54.4 Å². The Morgan fingerprint density at radius 1 is 1.64 bits per heavy atom. The number of aliphatic carboxylic acids is 1. The lowest BCUT2D eigenvalue weighted by atomic mass is 9.68. The minimum Gasteiger partial charge on any atom is -0.481 e. The molecule has 0 heterocycles. The first kappa shape index (κ1) is 11.2. The molecule has 0 aromatic rings. The molecule has 0 radical (unpaired) electrons. The average molecular weight is 198 g/mol. The summed E-state index contributed by atoms with van der Waals surface area (Å²) in [6.07, 6.45) is 3.45. The van der Waals surface area contributed by atoms with Crippen molar-refractivity contribution in [3.8, 4) is 0 Å². The van der Waals surface area contributed by atoms with Crippen LogP contribution in [0.5, 0.6) is 0 Å². The molecular formula is C11H18O3. The third-order valence-corrected chi connectivity index (χ3v) is 3.30. The van der Waals surface area contributed by atoms with Gasteiger partial charge in [-0.3, -0.25) is 9.59 Å². The number of rotatable bonds is 3. The van der Waals surface area contributed by atoms with Gasteiger partial charge < -0.3 is 5.11 Å². The Bertz CT molecular complexity index is 247. The number of Topliss-reactive ketones (excluding diaryl/α,β-unsaturated/α-hetero) is 1. The Morgan fingerprint density at radius 3 is 2.86 bits per heavy atom. The second kappa shape index (κ2) is 4.11. The van der Waals surface area contributed by atoms with Crippen LogP contribution in [0.3, 0.4) is 0 Å². The summed E-state index contributed by atoms with van der Waals surface area (Å²) in [6.45, 7) is 3.86. The fourth-order valence-corrected chi connectivity index (χ4v) is 2.28. The Labute approximate surface area is 84.5 Å². The molecule has 1 fully saturated rings. The molecule has 1 aliphatic carbocycles. The second-order valence-corrected chi connectivity index (χ2v) is 4.61. The third-order valence-electron chi connectivity index (χ3n) is 3.30. The van der Waals surface area contributed by atoms with E-state index >= 15 is 0 Å². The first-order chi connectivity index (χ1) is 6.46. The van der Waals surface area contributed by atoms with Gasteiger partial charge in [0.15, 0.2) is 0 Å². The molecule has 0 aromatic carbocycles. The van der Waals surface area contributed by atoms with E-state index in [1.165, 1.54) is 0 Å². The number of carboxylic acid groups (broad SMARTS) is 1. The standard InChI is InChI=1S/C11H18O3/c1-8-4-3-6-11(2,10(8)14)7-5-9(12)13/h8H,3-7H2,1-2H3,(H,12,13)/t8-,11-/m1/s1. The quantitative estimate of drug-likeness (QED) is 0.756. The van der Waals surface area contributed by atoms with Crippen LogP contribution in [0.2, 0.25) is 0 Å². The Hall–Kier alpha value is -0.860. The molecule has 0 saturated heterocycles.